The minimum atomic E-state index is -0.488. The Kier molecular flexibility index (Phi) is 4.28. The fraction of sp³-hybridized carbons (Fsp3) is 0.875. The van der Waals surface area contributed by atoms with Crippen molar-refractivity contribution in [3.05, 3.63) is 0 Å². The number of ketones is 1. The molecule has 60 valence electrons. The average Bonchev–Trinajstić information content (AvgIpc) is 1.81. The van der Waals surface area contributed by atoms with Crippen LogP contribution in [0.4, 0.5) is 0 Å². The summed E-state index contributed by atoms with van der Waals surface area (Å²) in [6, 6.07) is 0. The number of aliphatic hydroxyl groups is 1. The maximum atomic E-state index is 10.8. The highest BCUT2D eigenvalue weighted by atomic mass is 16.3. The quantitative estimate of drug-likeness (QED) is 0.647. The molecule has 0 rings (SSSR count). The van der Waals surface area contributed by atoms with Crippen molar-refractivity contribution >= 4 is 5.78 Å². The van der Waals surface area contributed by atoms with Crippen molar-refractivity contribution in [2.24, 2.45) is 5.92 Å². The molecule has 10 heavy (non-hydrogen) atoms. The minimum absolute atomic E-state index is 0.0943. The Morgan fingerprint density at radius 3 is 2.20 bits per heavy atom. The first-order valence-electron chi connectivity index (χ1n) is 3.78. The van der Waals surface area contributed by atoms with E-state index in [0.29, 0.717) is 0 Å². The lowest BCUT2D eigenvalue weighted by atomic mass is 9.94. The highest BCUT2D eigenvalue weighted by molar-refractivity contribution is 5.78. The monoisotopic (exact) mass is 144 g/mol. The number of carbonyl (C=O) groups excluding carboxylic acids is 1. The third-order valence-corrected chi connectivity index (χ3v) is 1.70. The van der Waals surface area contributed by atoms with Crippen molar-refractivity contribution in [1.29, 1.82) is 0 Å². The predicted molar refractivity (Wildman–Crippen MR) is 40.8 cm³/mol. The molecule has 0 radical (unpaired) electrons. The zero-order chi connectivity index (χ0) is 8.15. The molecule has 1 N–H and O–H groups in total. The lowest BCUT2D eigenvalue weighted by molar-refractivity contribution is -0.124. The Hall–Kier alpha value is -0.370. The van der Waals surface area contributed by atoms with E-state index >= 15 is 0 Å². The van der Waals surface area contributed by atoms with Crippen LogP contribution in [0.5, 0.6) is 0 Å². The van der Waals surface area contributed by atoms with E-state index in [1.165, 1.54) is 6.92 Å². The van der Waals surface area contributed by atoms with E-state index in [0.717, 1.165) is 12.8 Å². The summed E-state index contributed by atoms with van der Waals surface area (Å²) < 4.78 is 0. The zero-order valence-corrected chi connectivity index (χ0v) is 6.92. The molecule has 0 aromatic heterocycles. The van der Waals surface area contributed by atoms with Crippen LogP contribution in [0.25, 0.3) is 0 Å². The van der Waals surface area contributed by atoms with Gasteiger partial charge in [0.25, 0.3) is 0 Å². The van der Waals surface area contributed by atoms with Crippen LogP contribution < -0.4 is 0 Å². The largest absolute Gasteiger partial charge is 0.393 e. The van der Waals surface area contributed by atoms with Crippen molar-refractivity contribution in [2.45, 2.75) is 39.7 Å². The summed E-state index contributed by atoms with van der Waals surface area (Å²) in [5, 5.41) is 9.09. The average molecular weight is 144 g/mol. The van der Waals surface area contributed by atoms with Gasteiger partial charge in [0.2, 0.25) is 0 Å². The number of Topliss-reactive ketones (excluding diaryl/α,β-unsaturated/α-hetero) is 1. The van der Waals surface area contributed by atoms with Crippen molar-refractivity contribution < 1.29 is 9.90 Å². The second kappa shape index (κ2) is 4.45. The maximum Gasteiger partial charge on any atom is 0.135 e. The maximum absolute atomic E-state index is 10.8. The van der Waals surface area contributed by atoms with Crippen molar-refractivity contribution in [3.63, 3.8) is 0 Å². The summed E-state index contributed by atoms with van der Waals surface area (Å²) in [5.74, 6) is -0.0538. The van der Waals surface area contributed by atoms with Gasteiger partial charge in [-0.25, -0.2) is 0 Å². The number of carbonyl (C=O) groups is 1. The Bertz CT molecular complexity index is 108. The fourth-order valence-electron chi connectivity index (χ4n) is 1.10. The number of hydrogen-bond acceptors (Lipinski definition) is 2. The van der Waals surface area contributed by atoms with E-state index in [-0.39, 0.29) is 11.7 Å². The van der Waals surface area contributed by atoms with Gasteiger partial charge in [-0.15, -0.1) is 0 Å². The van der Waals surface area contributed by atoms with E-state index in [1.807, 2.05) is 6.92 Å². The molecule has 0 bridgehead atoms. The summed E-state index contributed by atoms with van der Waals surface area (Å²) in [6.45, 7) is 5.22. The third-order valence-electron chi connectivity index (χ3n) is 1.70. The fourth-order valence-corrected chi connectivity index (χ4v) is 1.10. The van der Waals surface area contributed by atoms with Crippen molar-refractivity contribution in [1.82, 2.24) is 0 Å². The van der Waals surface area contributed by atoms with Crippen molar-refractivity contribution in [2.75, 3.05) is 0 Å². The van der Waals surface area contributed by atoms with Gasteiger partial charge in [-0.05, 0) is 20.3 Å². The van der Waals surface area contributed by atoms with E-state index in [2.05, 4.69) is 0 Å². The van der Waals surface area contributed by atoms with Gasteiger partial charge in [-0.3, -0.25) is 4.79 Å². The van der Waals surface area contributed by atoms with E-state index in [9.17, 15) is 4.79 Å². The summed E-state index contributed by atoms with van der Waals surface area (Å²) in [6.07, 6.45) is 1.26. The predicted octanol–water partition coefficient (Wildman–Crippen LogP) is 1.37. The minimum Gasteiger partial charge on any atom is -0.393 e. The summed E-state index contributed by atoms with van der Waals surface area (Å²) in [7, 11) is 0. The molecular weight excluding hydrogens is 128 g/mol. The van der Waals surface area contributed by atoms with Crippen LogP contribution in [-0.4, -0.2) is 17.0 Å². The summed E-state index contributed by atoms with van der Waals surface area (Å²) >= 11 is 0. The lowest BCUT2D eigenvalue weighted by Crippen LogP contribution is -2.23. The zero-order valence-electron chi connectivity index (χ0n) is 6.92. The molecule has 0 aromatic carbocycles. The molecule has 0 heterocycles. The molecule has 0 saturated heterocycles. The van der Waals surface area contributed by atoms with Gasteiger partial charge in [0.05, 0.1) is 6.10 Å². The van der Waals surface area contributed by atoms with Crippen molar-refractivity contribution in [3.8, 4) is 0 Å². The molecule has 0 aliphatic heterocycles. The van der Waals surface area contributed by atoms with Gasteiger partial charge < -0.3 is 5.11 Å². The number of hydrogen-bond donors (Lipinski definition) is 1. The Morgan fingerprint density at radius 2 is 2.10 bits per heavy atom. The SMILES string of the molecule is CCC[C@H](C(C)=O)[C@@H](C)O. The molecule has 0 saturated carbocycles. The van der Waals surface area contributed by atoms with Gasteiger partial charge in [0.15, 0.2) is 0 Å². The van der Waals surface area contributed by atoms with Crippen LogP contribution in [0.2, 0.25) is 0 Å². The highest BCUT2D eigenvalue weighted by Crippen LogP contribution is 2.11. The van der Waals surface area contributed by atoms with E-state index in [4.69, 9.17) is 5.11 Å². The first kappa shape index (κ1) is 9.63. The highest BCUT2D eigenvalue weighted by Gasteiger charge is 2.17. The van der Waals surface area contributed by atoms with Crippen LogP contribution in [0.15, 0.2) is 0 Å². The number of rotatable bonds is 4. The molecule has 0 aliphatic carbocycles. The molecule has 0 aromatic rings. The molecule has 0 unspecified atom stereocenters. The number of aliphatic hydroxyl groups excluding tert-OH is 1. The molecule has 2 nitrogen and oxygen atoms in total. The Labute approximate surface area is 62.2 Å². The lowest BCUT2D eigenvalue weighted by Gasteiger charge is -2.14. The third kappa shape index (κ3) is 2.97. The molecule has 0 spiro atoms. The van der Waals surface area contributed by atoms with Gasteiger partial charge in [-0.2, -0.15) is 0 Å². The summed E-state index contributed by atoms with van der Waals surface area (Å²) in [5.41, 5.74) is 0. The van der Waals surface area contributed by atoms with Crippen LogP contribution in [0.1, 0.15) is 33.6 Å². The Balaban J connectivity index is 3.85. The standard InChI is InChI=1S/C8H16O2/c1-4-5-8(6(2)9)7(3)10/h6,8-9H,4-5H2,1-3H3/t6-,8+/m1/s1. The van der Waals surface area contributed by atoms with Gasteiger partial charge in [-0.1, -0.05) is 13.3 Å². The van der Waals surface area contributed by atoms with Crippen LogP contribution in [-0.2, 0) is 4.79 Å². The second-order valence-corrected chi connectivity index (χ2v) is 2.75. The topological polar surface area (TPSA) is 37.3 Å². The van der Waals surface area contributed by atoms with Gasteiger partial charge in [0.1, 0.15) is 5.78 Å². The van der Waals surface area contributed by atoms with E-state index < -0.39 is 6.10 Å². The first-order chi connectivity index (χ1) is 4.59. The summed E-state index contributed by atoms with van der Waals surface area (Å²) in [4.78, 5) is 10.8. The van der Waals surface area contributed by atoms with E-state index in [1.54, 1.807) is 6.92 Å². The molecule has 2 heteroatoms. The van der Waals surface area contributed by atoms with Crippen LogP contribution >= 0.6 is 0 Å². The normalized spacial score (nSPS) is 16.4. The molecule has 0 fully saturated rings. The van der Waals surface area contributed by atoms with Gasteiger partial charge in [0, 0.05) is 5.92 Å². The van der Waals surface area contributed by atoms with Gasteiger partial charge >= 0.3 is 0 Å². The molecule has 0 aliphatic rings. The molecule has 2 atom stereocenters. The second-order valence-electron chi connectivity index (χ2n) is 2.75. The molecular formula is C8H16O2. The van der Waals surface area contributed by atoms with Crippen LogP contribution in [0, 0.1) is 5.92 Å². The van der Waals surface area contributed by atoms with Crippen LogP contribution in [0.3, 0.4) is 0 Å². The Morgan fingerprint density at radius 1 is 1.60 bits per heavy atom. The first-order valence-corrected chi connectivity index (χ1v) is 3.78. The smallest absolute Gasteiger partial charge is 0.135 e. The molecule has 0 amide bonds.